The molecule has 1 aliphatic carbocycles. The van der Waals surface area contributed by atoms with Gasteiger partial charge >= 0.3 is 0 Å². The van der Waals surface area contributed by atoms with Crippen LogP contribution in [-0.4, -0.2) is 22.9 Å². The molecule has 2 atom stereocenters. The van der Waals surface area contributed by atoms with E-state index in [1.807, 2.05) is 12.1 Å². The summed E-state index contributed by atoms with van der Waals surface area (Å²) >= 11 is 0. The molecule has 1 aromatic rings. The summed E-state index contributed by atoms with van der Waals surface area (Å²) in [5.74, 6) is 0.406. The van der Waals surface area contributed by atoms with Gasteiger partial charge < -0.3 is 10.2 Å². The third-order valence-electron chi connectivity index (χ3n) is 3.85. The monoisotopic (exact) mass is 234 g/mol. The molecule has 1 saturated carbocycles. The van der Waals surface area contributed by atoms with E-state index in [1.54, 1.807) is 0 Å². The highest BCUT2D eigenvalue weighted by molar-refractivity contribution is 5.28. The highest BCUT2D eigenvalue weighted by atomic mass is 16.3. The summed E-state index contributed by atoms with van der Waals surface area (Å²) in [6.07, 6.45) is 6.03. The Labute approximate surface area is 103 Å². The molecule has 2 nitrogen and oxygen atoms in total. The van der Waals surface area contributed by atoms with Gasteiger partial charge in [-0.25, -0.2) is 0 Å². The Balaban J connectivity index is 2.06. The van der Waals surface area contributed by atoms with Gasteiger partial charge in [0.1, 0.15) is 0 Å². The van der Waals surface area contributed by atoms with E-state index >= 15 is 0 Å². The first-order valence-corrected chi connectivity index (χ1v) is 6.67. The van der Waals surface area contributed by atoms with Crippen LogP contribution in [0.25, 0.3) is 0 Å². The normalized spacial score (nSPS) is 24.8. The molecule has 0 unspecified atom stereocenters. The Kier molecular flexibility index (Phi) is 4.57. The first-order valence-electron chi connectivity index (χ1n) is 6.67. The Morgan fingerprint density at radius 1 is 1.06 bits per heavy atom. The molecule has 2 N–H and O–H groups in total. The molecule has 0 radical (unpaired) electrons. The molecule has 0 heterocycles. The van der Waals surface area contributed by atoms with Crippen LogP contribution in [0.2, 0.25) is 0 Å². The van der Waals surface area contributed by atoms with Crippen molar-refractivity contribution in [1.29, 1.82) is 0 Å². The largest absolute Gasteiger partial charge is 0.396 e. The first kappa shape index (κ1) is 12.6. The van der Waals surface area contributed by atoms with Crippen LogP contribution in [0.5, 0.6) is 0 Å². The van der Waals surface area contributed by atoms with Crippen LogP contribution in [0, 0.1) is 5.92 Å². The maximum Gasteiger partial charge on any atom is 0.0571 e. The molecular weight excluding hydrogens is 212 g/mol. The predicted molar refractivity (Wildman–Crippen MR) is 68.9 cm³/mol. The summed E-state index contributed by atoms with van der Waals surface area (Å²) in [4.78, 5) is 0. The maximum absolute atomic E-state index is 10.0. The predicted octanol–water partition coefficient (Wildman–Crippen LogP) is 2.32. The SMILES string of the molecule is OCCc1ccccc1C[C@@H]1CCCC[C@H]1O. The van der Waals surface area contributed by atoms with Gasteiger partial charge in [0.2, 0.25) is 0 Å². The van der Waals surface area contributed by atoms with Crippen molar-refractivity contribution in [2.45, 2.75) is 44.6 Å². The molecule has 1 fully saturated rings. The molecule has 0 spiro atoms. The number of aliphatic hydroxyl groups excluding tert-OH is 2. The van der Waals surface area contributed by atoms with E-state index in [-0.39, 0.29) is 12.7 Å². The van der Waals surface area contributed by atoms with Crippen molar-refractivity contribution in [3.63, 3.8) is 0 Å². The van der Waals surface area contributed by atoms with Crippen molar-refractivity contribution in [3.05, 3.63) is 35.4 Å². The number of hydrogen-bond donors (Lipinski definition) is 2. The third-order valence-corrected chi connectivity index (χ3v) is 3.85. The second kappa shape index (κ2) is 6.18. The summed E-state index contributed by atoms with van der Waals surface area (Å²) in [6, 6.07) is 8.28. The van der Waals surface area contributed by atoms with E-state index < -0.39 is 0 Å². The smallest absolute Gasteiger partial charge is 0.0571 e. The van der Waals surface area contributed by atoms with Crippen molar-refractivity contribution in [3.8, 4) is 0 Å². The van der Waals surface area contributed by atoms with Gasteiger partial charge in [-0.15, -0.1) is 0 Å². The van der Waals surface area contributed by atoms with Crippen molar-refractivity contribution < 1.29 is 10.2 Å². The van der Waals surface area contributed by atoms with E-state index in [9.17, 15) is 5.11 Å². The lowest BCUT2D eigenvalue weighted by Gasteiger charge is -2.28. The minimum absolute atomic E-state index is 0.133. The summed E-state index contributed by atoms with van der Waals surface area (Å²) in [7, 11) is 0. The zero-order valence-corrected chi connectivity index (χ0v) is 10.3. The fourth-order valence-corrected chi connectivity index (χ4v) is 2.83. The van der Waals surface area contributed by atoms with Gasteiger partial charge in [-0.1, -0.05) is 37.1 Å². The van der Waals surface area contributed by atoms with Gasteiger partial charge in [0.25, 0.3) is 0 Å². The molecule has 0 bridgehead atoms. The molecule has 2 heteroatoms. The van der Waals surface area contributed by atoms with Gasteiger partial charge in [0.05, 0.1) is 6.10 Å². The van der Waals surface area contributed by atoms with Gasteiger partial charge in [0, 0.05) is 6.61 Å². The lowest BCUT2D eigenvalue weighted by molar-refractivity contribution is 0.0699. The van der Waals surface area contributed by atoms with E-state index in [2.05, 4.69) is 12.1 Å². The quantitative estimate of drug-likeness (QED) is 0.839. The zero-order valence-electron chi connectivity index (χ0n) is 10.3. The average molecular weight is 234 g/mol. The topological polar surface area (TPSA) is 40.5 Å². The fraction of sp³-hybridized carbons (Fsp3) is 0.600. The van der Waals surface area contributed by atoms with Crippen LogP contribution >= 0.6 is 0 Å². The summed E-state index contributed by atoms with van der Waals surface area (Å²) in [5, 5.41) is 19.1. The van der Waals surface area contributed by atoms with Gasteiger partial charge in [-0.3, -0.25) is 0 Å². The van der Waals surface area contributed by atoms with Gasteiger partial charge in [-0.2, -0.15) is 0 Å². The lowest BCUT2D eigenvalue weighted by Crippen LogP contribution is -2.26. The highest BCUT2D eigenvalue weighted by Crippen LogP contribution is 2.28. The molecule has 0 aromatic heterocycles. The van der Waals surface area contributed by atoms with Crippen molar-refractivity contribution in [1.82, 2.24) is 0 Å². The lowest BCUT2D eigenvalue weighted by atomic mass is 9.81. The van der Waals surface area contributed by atoms with E-state index in [0.29, 0.717) is 5.92 Å². The van der Waals surface area contributed by atoms with Crippen LogP contribution in [0.1, 0.15) is 36.8 Å². The second-order valence-electron chi connectivity index (χ2n) is 5.06. The van der Waals surface area contributed by atoms with Crippen molar-refractivity contribution in [2.75, 3.05) is 6.61 Å². The standard InChI is InChI=1S/C15H22O2/c16-10-9-12-5-1-2-6-13(12)11-14-7-3-4-8-15(14)17/h1-2,5-6,14-17H,3-4,7-11H2/t14-,15+/m0/s1. The molecular formula is C15H22O2. The molecule has 2 rings (SSSR count). The Bertz CT molecular complexity index is 349. The molecule has 94 valence electrons. The first-order chi connectivity index (χ1) is 8.31. The zero-order chi connectivity index (χ0) is 12.1. The van der Waals surface area contributed by atoms with Crippen LogP contribution < -0.4 is 0 Å². The van der Waals surface area contributed by atoms with Crippen LogP contribution in [0.3, 0.4) is 0 Å². The average Bonchev–Trinajstić information content (AvgIpc) is 2.35. The molecule has 0 saturated heterocycles. The second-order valence-corrected chi connectivity index (χ2v) is 5.06. The minimum Gasteiger partial charge on any atom is -0.396 e. The molecule has 0 amide bonds. The molecule has 1 aromatic carbocycles. The molecule has 17 heavy (non-hydrogen) atoms. The van der Waals surface area contributed by atoms with Crippen LogP contribution in [0.4, 0.5) is 0 Å². The van der Waals surface area contributed by atoms with Crippen molar-refractivity contribution >= 4 is 0 Å². The van der Waals surface area contributed by atoms with Gasteiger partial charge in [-0.05, 0) is 42.7 Å². The third kappa shape index (κ3) is 3.30. The highest BCUT2D eigenvalue weighted by Gasteiger charge is 2.23. The number of benzene rings is 1. The fourth-order valence-electron chi connectivity index (χ4n) is 2.83. The minimum atomic E-state index is -0.133. The number of aliphatic hydroxyl groups is 2. The molecule has 1 aliphatic rings. The van der Waals surface area contributed by atoms with Crippen LogP contribution in [0.15, 0.2) is 24.3 Å². The summed E-state index contributed by atoms with van der Waals surface area (Å²) < 4.78 is 0. The van der Waals surface area contributed by atoms with E-state index in [4.69, 9.17) is 5.11 Å². The Morgan fingerprint density at radius 3 is 2.47 bits per heavy atom. The van der Waals surface area contributed by atoms with Gasteiger partial charge in [0.15, 0.2) is 0 Å². The maximum atomic E-state index is 10.0. The Hall–Kier alpha value is -0.860. The van der Waals surface area contributed by atoms with Crippen molar-refractivity contribution in [2.24, 2.45) is 5.92 Å². The van der Waals surface area contributed by atoms with E-state index in [0.717, 1.165) is 32.1 Å². The Morgan fingerprint density at radius 2 is 1.76 bits per heavy atom. The summed E-state index contributed by atoms with van der Waals surface area (Å²) in [6.45, 7) is 0.199. The summed E-state index contributed by atoms with van der Waals surface area (Å²) in [5.41, 5.74) is 2.53. The number of hydrogen-bond acceptors (Lipinski definition) is 2. The van der Waals surface area contributed by atoms with Crippen LogP contribution in [-0.2, 0) is 12.8 Å². The number of rotatable bonds is 4. The van der Waals surface area contributed by atoms with E-state index in [1.165, 1.54) is 17.5 Å². The molecule has 0 aliphatic heterocycles.